The van der Waals surface area contributed by atoms with E-state index in [0.29, 0.717) is 33.8 Å². The number of carbonyl (C=O) groups is 1. The number of hydrogen-bond donors (Lipinski definition) is 1. The lowest BCUT2D eigenvalue weighted by Gasteiger charge is -2.37. The number of nitrogens with zero attached hydrogens (tertiary/aromatic N) is 2. The predicted octanol–water partition coefficient (Wildman–Crippen LogP) is 7.81. The monoisotopic (exact) mass is 596 g/mol. The van der Waals surface area contributed by atoms with Gasteiger partial charge in [0, 0.05) is 28.7 Å². The lowest BCUT2D eigenvalue weighted by Crippen LogP contribution is -2.41. The number of nitrogens with one attached hydrogen (secondary N) is 1. The fourth-order valence-electron chi connectivity index (χ4n) is 5.18. The third kappa shape index (κ3) is 6.21. The molecule has 3 aromatic rings. The number of anilines is 1. The number of fused-ring (bicyclic) bond motifs is 1. The van der Waals surface area contributed by atoms with Crippen LogP contribution in [0, 0.1) is 19.3 Å². The maximum absolute atomic E-state index is 13.8. The van der Waals surface area contributed by atoms with Crippen LogP contribution in [0.4, 0.5) is 5.82 Å². The van der Waals surface area contributed by atoms with Gasteiger partial charge in [-0.05, 0) is 91.5 Å². The summed E-state index contributed by atoms with van der Waals surface area (Å²) in [6.45, 7) is 14.8. The quantitative estimate of drug-likeness (QED) is 0.211. The van der Waals surface area contributed by atoms with Gasteiger partial charge in [-0.25, -0.2) is 9.97 Å². The van der Waals surface area contributed by atoms with Crippen molar-refractivity contribution in [3.05, 3.63) is 80.2 Å². The second kappa shape index (κ2) is 11.6. The molecule has 0 bridgehead atoms. The smallest absolute Gasteiger partial charge is 0.208 e. The lowest BCUT2D eigenvalue weighted by atomic mass is 9.93. The van der Waals surface area contributed by atoms with Crippen LogP contribution in [0.15, 0.2) is 36.8 Å². The van der Waals surface area contributed by atoms with E-state index in [2.05, 4.69) is 61.6 Å². The van der Waals surface area contributed by atoms with Crippen molar-refractivity contribution in [1.82, 2.24) is 9.97 Å². The van der Waals surface area contributed by atoms with E-state index in [1.165, 1.54) is 23.2 Å². The summed E-state index contributed by atoms with van der Waals surface area (Å²) in [6, 6.07) is 8.15. The van der Waals surface area contributed by atoms with Gasteiger partial charge >= 0.3 is 0 Å². The second-order valence-electron chi connectivity index (χ2n) is 12.5. The molecule has 0 unspecified atom stereocenters. The normalized spacial score (nSPS) is 21.3. The minimum Gasteiger partial charge on any atom is -0.417 e. The molecule has 40 heavy (non-hydrogen) atoms. The largest absolute Gasteiger partial charge is 0.417 e. The highest BCUT2D eigenvalue weighted by atomic mass is 35.5. The summed E-state index contributed by atoms with van der Waals surface area (Å²) in [5.41, 5.74) is 3.82. The minimum absolute atomic E-state index is 0.0793. The minimum atomic E-state index is -1.79. The average Bonchev–Trinajstić information content (AvgIpc) is 3.52. The van der Waals surface area contributed by atoms with Gasteiger partial charge in [0.2, 0.25) is 5.78 Å². The number of ketones is 1. The van der Waals surface area contributed by atoms with E-state index in [1.807, 2.05) is 25.1 Å². The molecule has 1 aromatic carbocycles. The van der Waals surface area contributed by atoms with Crippen molar-refractivity contribution in [2.75, 3.05) is 18.5 Å². The van der Waals surface area contributed by atoms with Crippen LogP contribution in [0.5, 0.6) is 0 Å². The Labute approximate surface area is 248 Å². The first kappa shape index (κ1) is 29.4. The van der Waals surface area contributed by atoms with E-state index < -0.39 is 8.32 Å². The van der Waals surface area contributed by atoms with E-state index in [4.69, 9.17) is 20.8 Å². The molecule has 0 saturated heterocycles. The van der Waals surface area contributed by atoms with Crippen LogP contribution < -0.4 is 5.32 Å². The van der Waals surface area contributed by atoms with Crippen molar-refractivity contribution in [3.63, 3.8) is 0 Å². The van der Waals surface area contributed by atoms with Gasteiger partial charge in [0.25, 0.3) is 0 Å². The van der Waals surface area contributed by atoms with Gasteiger partial charge in [0.15, 0.2) is 8.32 Å². The molecule has 3 heterocycles. The van der Waals surface area contributed by atoms with Crippen molar-refractivity contribution in [1.29, 1.82) is 0 Å². The first-order chi connectivity index (χ1) is 18.9. The molecule has 5 rings (SSSR count). The van der Waals surface area contributed by atoms with Crippen LogP contribution in [0.3, 0.4) is 0 Å². The molecule has 9 heteroatoms. The first-order valence-corrected chi connectivity index (χ1v) is 18.1. The highest BCUT2D eigenvalue weighted by Crippen LogP contribution is 2.40. The summed E-state index contributed by atoms with van der Waals surface area (Å²) in [5, 5.41) is 4.42. The molecule has 1 N–H and O–H groups in total. The standard InChI is InChI=1S/C31H39ClN3O3SSi/c1-19-24(29-25-14-22(32)9-8-21(25)11-12-37-29)15-27(39-19)28(36)26-16-33-18-34-30(26)35-23-10-7-20(13-23)17-38-40(5,6)31(2,3)4/h7-9,14-16,18,20,23,29H,10-13,17H2,1-6H3,(H,33,34,35)/t20-,23-,29+/m1/s1. The Bertz CT molecular complexity index is 1390. The zero-order valence-electron chi connectivity index (χ0n) is 24.2. The highest BCUT2D eigenvalue weighted by molar-refractivity contribution is 7.14. The summed E-state index contributed by atoms with van der Waals surface area (Å²) in [6.07, 6.45) is 7.95. The Morgan fingerprint density at radius 1 is 1.25 bits per heavy atom. The number of halogens is 1. The Kier molecular flexibility index (Phi) is 8.56. The van der Waals surface area contributed by atoms with E-state index in [9.17, 15) is 4.79 Å². The molecule has 6 nitrogen and oxygen atoms in total. The number of carbonyl (C=O) groups excluding carboxylic acids is 1. The number of rotatable bonds is 8. The maximum Gasteiger partial charge on any atom is 0.208 e. The van der Waals surface area contributed by atoms with E-state index in [1.54, 1.807) is 6.20 Å². The third-order valence-electron chi connectivity index (χ3n) is 8.61. The molecule has 0 amide bonds. The number of benzene rings is 1. The molecule has 2 aromatic heterocycles. The van der Waals surface area contributed by atoms with Crippen LogP contribution in [0.2, 0.25) is 23.2 Å². The summed E-state index contributed by atoms with van der Waals surface area (Å²) >= 11 is 7.81. The number of thiophene rings is 1. The van der Waals surface area contributed by atoms with E-state index >= 15 is 0 Å². The van der Waals surface area contributed by atoms with Gasteiger partial charge < -0.3 is 14.5 Å². The van der Waals surface area contributed by atoms with Gasteiger partial charge in [-0.15, -0.1) is 11.3 Å². The second-order valence-corrected chi connectivity index (χ2v) is 19.0. The molecule has 1 radical (unpaired) electrons. The summed E-state index contributed by atoms with van der Waals surface area (Å²) in [5.74, 6) is 0.898. The fraction of sp³-hybridized carbons (Fsp3) is 0.484. The van der Waals surface area contributed by atoms with Gasteiger partial charge in [0.1, 0.15) is 18.2 Å². The Morgan fingerprint density at radius 3 is 2.83 bits per heavy atom. The van der Waals surface area contributed by atoms with Crippen LogP contribution in [-0.4, -0.2) is 43.3 Å². The molecule has 1 fully saturated rings. The van der Waals surface area contributed by atoms with Crippen LogP contribution in [0.25, 0.3) is 0 Å². The average molecular weight is 597 g/mol. The lowest BCUT2D eigenvalue weighted by molar-refractivity contribution is 0.0697. The fourth-order valence-corrected chi connectivity index (χ4v) is 7.42. The SMILES string of the molecule is Cc1sc(C(=O)c2cncnc2N[C@@H]2C[CH][C@@H](CO[Si](C)(C)C(C)(C)C)C2)cc1[C@@H]1OCCc2ccc(Cl)cc21. The Balaban J connectivity index is 1.29. The van der Waals surface area contributed by atoms with Crippen molar-refractivity contribution < 1.29 is 14.0 Å². The van der Waals surface area contributed by atoms with Crippen molar-refractivity contribution in [2.45, 2.75) is 77.2 Å². The van der Waals surface area contributed by atoms with Crippen molar-refractivity contribution in [2.24, 2.45) is 5.92 Å². The molecule has 0 spiro atoms. The third-order valence-corrected chi connectivity index (χ3v) is 14.4. The highest BCUT2D eigenvalue weighted by Gasteiger charge is 2.38. The number of aryl methyl sites for hydroxylation is 1. The summed E-state index contributed by atoms with van der Waals surface area (Å²) in [4.78, 5) is 24.1. The summed E-state index contributed by atoms with van der Waals surface area (Å²) < 4.78 is 12.7. The molecule has 213 valence electrons. The van der Waals surface area contributed by atoms with E-state index in [0.717, 1.165) is 41.9 Å². The van der Waals surface area contributed by atoms with Gasteiger partial charge in [-0.2, -0.15) is 0 Å². The molecule has 1 aliphatic heterocycles. The van der Waals surface area contributed by atoms with Gasteiger partial charge in [-0.1, -0.05) is 38.4 Å². The van der Waals surface area contributed by atoms with Gasteiger partial charge in [0.05, 0.1) is 17.0 Å². The number of hydrogen-bond acceptors (Lipinski definition) is 7. The van der Waals surface area contributed by atoms with Crippen molar-refractivity contribution >= 4 is 42.9 Å². The zero-order chi connectivity index (χ0) is 28.7. The number of ether oxygens (including phenoxy) is 1. The Hall–Kier alpha value is -2.10. The molecule has 1 saturated carbocycles. The van der Waals surface area contributed by atoms with Crippen LogP contribution in [-0.2, 0) is 15.6 Å². The van der Waals surface area contributed by atoms with Gasteiger partial charge in [-0.3, -0.25) is 4.79 Å². The zero-order valence-corrected chi connectivity index (χ0v) is 26.8. The maximum atomic E-state index is 13.8. The topological polar surface area (TPSA) is 73.3 Å². The molecule has 2 aliphatic rings. The van der Waals surface area contributed by atoms with Crippen molar-refractivity contribution in [3.8, 4) is 0 Å². The van der Waals surface area contributed by atoms with E-state index in [-0.39, 0.29) is 23.0 Å². The first-order valence-electron chi connectivity index (χ1n) is 14.0. The predicted molar refractivity (Wildman–Crippen MR) is 165 cm³/mol. The van der Waals surface area contributed by atoms with Crippen LogP contribution >= 0.6 is 22.9 Å². The van der Waals surface area contributed by atoms with Crippen LogP contribution in [0.1, 0.15) is 76.5 Å². The molecule has 1 aliphatic carbocycles. The number of aromatic nitrogens is 2. The summed E-state index contributed by atoms with van der Waals surface area (Å²) in [7, 11) is -1.79. The molecular formula is C31H39ClN3O3SSi. The Morgan fingerprint density at radius 2 is 2.05 bits per heavy atom. The molecular weight excluding hydrogens is 558 g/mol. The molecule has 3 atom stereocenters.